The Morgan fingerprint density at radius 1 is 1.20 bits per heavy atom. The Labute approximate surface area is 153 Å². The molecule has 0 aliphatic heterocycles. The van der Waals surface area contributed by atoms with Gasteiger partial charge < -0.3 is 14.6 Å². The van der Waals surface area contributed by atoms with E-state index in [0.29, 0.717) is 0 Å². The first kappa shape index (κ1) is 19.1. The summed E-state index contributed by atoms with van der Waals surface area (Å²) in [4.78, 5) is 14.8. The summed E-state index contributed by atoms with van der Waals surface area (Å²) >= 11 is 11.5. The number of sulfonamides is 1. The van der Waals surface area contributed by atoms with Crippen LogP contribution in [0.5, 0.6) is 11.5 Å². The number of carboxylic acids is 1. The van der Waals surface area contributed by atoms with Crippen LogP contribution in [0.1, 0.15) is 10.4 Å². The number of methoxy groups -OCH3 is 2. The second-order valence-electron chi connectivity index (χ2n) is 4.59. The van der Waals surface area contributed by atoms with Crippen LogP contribution in [0.15, 0.2) is 29.2 Å². The largest absolute Gasteiger partial charge is 0.497 e. The van der Waals surface area contributed by atoms with Crippen molar-refractivity contribution < 1.29 is 27.8 Å². The highest BCUT2D eigenvalue weighted by Gasteiger charge is 2.25. The number of aromatic nitrogens is 1. The molecule has 0 spiro atoms. The fourth-order valence-corrected chi connectivity index (χ4v) is 3.69. The van der Waals surface area contributed by atoms with Gasteiger partial charge >= 0.3 is 5.97 Å². The second kappa shape index (κ2) is 7.34. The van der Waals surface area contributed by atoms with E-state index >= 15 is 0 Å². The van der Waals surface area contributed by atoms with Gasteiger partial charge in [0.25, 0.3) is 10.0 Å². The molecule has 2 rings (SSSR count). The molecule has 0 aliphatic carbocycles. The molecule has 1 heterocycles. The zero-order valence-electron chi connectivity index (χ0n) is 12.9. The summed E-state index contributed by atoms with van der Waals surface area (Å²) in [7, 11) is -1.66. The van der Waals surface area contributed by atoms with Gasteiger partial charge in [0.1, 0.15) is 27.2 Å². The van der Waals surface area contributed by atoms with E-state index in [4.69, 9.17) is 32.7 Å². The fourth-order valence-electron chi connectivity index (χ4n) is 1.93. The Balaban J connectivity index is 2.60. The third-order valence-corrected chi connectivity index (χ3v) is 5.06. The molecule has 0 saturated heterocycles. The molecule has 2 N–H and O–H groups in total. The summed E-state index contributed by atoms with van der Waals surface area (Å²) in [6, 6.07) is 4.89. The van der Waals surface area contributed by atoms with Gasteiger partial charge in [0.05, 0.1) is 19.8 Å². The van der Waals surface area contributed by atoms with E-state index in [-0.39, 0.29) is 38.0 Å². The lowest BCUT2D eigenvalue weighted by Gasteiger charge is -2.16. The Hall–Kier alpha value is -2.23. The van der Waals surface area contributed by atoms with Crippen LogP contribution in [0.2, 0.25) is 10.3 Å². The van der Waals surface area contributed by atoms with Gasteiger partial charge in [-0.25, -0.2) is 18.2 Å². The maximum atomic E-state index is 12.6. The van der Waals surface area contributed by atoms with Crippen molar-refractivity contribution in [3.63, 3.8) is 0 Å². The number of aromatic carboxylic acids is 1. The van der Waals surface area contributed by atoms with Crippen LogP contribution < -0.4 is 14.2 Å². The molecular formula is C14H12Cl2N2O6S. The highest BCUT2D eigenvalue weighted by Crippen LogP contribution is 2.36. The quantitative estimate of drug-likeness (QED) is 0.708. The number of benzene rings is 1. The number of halogens is 2. The van der Waals surface area contributed by atoms with Crippen molar-refractivity contribution in [2.75, 3.05) is 18.9 Å². The van der Waals surface area contributed by atoms with E-state index in [1.54, 1.807) is 0 Å². The molecule has 0 unspecified atom stereocenters. The minimum atomic E-state index is -4.26. The molecule has 134 valence electrons. The van der Waals surface area contributed by atoms with Crippen LogP contribution >= 0.6 is 23.2 Å². The number of hydrogen-bond acceptors (Lipinski definition) is 6. The zero-order valence-corrected chi connectivity index (χ0v) is 15.2. The Morgan fingerprint density at radius 3 is 2.40 bits per heavy atom. The maximum absolute atomic E-state index is 12.6. The average Bonchev–Trinajstić information content (AvgIpc) is 2.53. The van der Waals surface area contributed by atoms with Crippen LogP contribution in [0.3, 0.4) is 0 Å². The standard InChI is InChI=1S/C14H12Cl2N2O6S/c1-23-7-5-8(14(19)20)12(9(6-7)24-2)18-25(21,22)10-3-4-11(15)17-13(10)16/h3-6,18H,1-2H3,(H,19,20). The summed E-state index contributed by atoms with van der Waals surface area (Å²) in [5, 5.41) is 9.02. The van der Waals surface area contributed by atoms with Gasteiger partial charge in [0, 0.05) is 6.07 Å². The van der Waals surface area contributed by atoms with Gasteiger partial charge in [-0.3, -0.25) is 4.72 Å². The van der Waals surface area contributed by atoms with E-state index in [1.807, 2.05) is 0 Å². The third-order valence-electron chi connectivity index (χ3n) is 3.07. The number of hydrogen-bond donors (Lipinski definition) is 2. The molecule has 2 aromatic rings. The highest BCUT2D eigenvalue weighted by molar-refractivity contribution is 7.92. The first-order valence-electron chi connectivity index (χ1n) is 6.53. The summed E-state index contributed by atoms with van der Waals surface area (Å²) in [6.45, 7) is 0. The van der Waals surface area contributed by atoms with Crippen LogP contribution in [-0.4, -0.2) is 38.7 Å². The van der Waals surface area contributed by atoms with E-state index in [0.717, 1.165) is 12.1 Å². The molecule has 0 fully saturated rings. The molecule has 0 aliphatic rings. The monoisotopic (exact) mass is 406 g/mol. The van der Waals surface area contributed by atoms with E-state index < -0.39 is 16.0 Å². The van der Waals surface area contributed by atoms with Gasteiger partial charge in [-0.1, -0.05) is 23.2 Å². The topological polar surface area (TPSA) is 115 Å². The van der Waals surface area contributed by atoms with Crippen molar-refractivity contribution >= 4 is 44.9 Å². The Kier molecular flexibility index (Phi) is 5.61. The number of ether oxygens (including phenoxy) is 2. The average molecular weight is 407 g/mol. The first-order valence-corrected chi connectivity index (χ1v) is 8.77. The van der Waals surface area contributed by atoms with Crippen molar-refractivity contribution in [2.45, 2.75) is 4.90 Å². The number of pyridine rings is 1. The first-order chi connectivity index (χ1) is 11.7. The molecule has 0 radical (unpaired) electrons. The van der Waals surface area contributed by atoms with E-state index in [1.165, 1.54) is 26.4 Å². The summed E-state index contributed by atoms with van der Waals surface area (Å²) in [6.07, 6.45) is 0. The predicted octanol–water partition coefficient (Wildman–Crippen LogP) is 2.90. The second-order valence-corrected chi connectivity index (χ2v) is 6.98. The van der Waals surface area contributed by atoms with Crippen molar-refractivity contribution in [3.05, 3.63) is 40.1 Å². The molecule has 0 amide bonds. The van der Waals surface area contributed by atoms with Crippen molar-refractivity contribution in [1.82, 2.24) is 4.98 Å². The number of nitrogens with one attached hydrogen (secondary N) is 1. The normalized spacial score (nSPS) is 11.0. The molecule has 11 heteroatoms. The summed E-state index contributed by atoms with van der Waals surface area (Å²) < 4.78 is 37.4. The number of carbonyl (C=O) groups is 1. The third kappa shape index (κ3) is 4.06. The SMILES string of the molecule is COc1cc(OC)c(NS(=O)(=O)c2ccc(Cl)nc2Cl)c(C(=O)O)c1. The van der Waals surface area contributed by atoms with Gasteiger partial charge in [-0.05, 0) is 18.2 Å². The number of anilines is 1. The molecule has 0 bridgehead atoms. The lowest BCUT2D eigenvalue weighted by Crippen LogP contribution is -2.17. The van der Waals surface area contributed by atoms with Gasteiger partial charge in [0.2, 0.25) is 0 Å². The number of carboxylic acid groups (broad SMARTS) is 1. The van der Waals surface area contributed by atoms with Crippen molar-refractivity contribution in [3.8, 4) is 11.5 Å². The van der Waals surface area contributed by atoms with Crippen LogP contribution in [0.4, 0.5) is 5.69 Å². The van der Waals surface area contributed by atoms with Gasteiger partial charge in [0.15, 0.2) is 5.15 Å². The van der Waals surface area contributed by atoms with Crippen LogP contribution in [0.25, 0.3) is 0 Å². The van der Waals surface area contributed by atoms with E-state index in [9.17, 15) is 18.3 Å². The lowest BCUT2D eigenvalue weighted by molar-refractivity contribution is 0.0697. The Morgan fingerprint density at radius 2 is 1.88 bits per heavy atom. The van der Waals surface area contributed by atoms with Crippen molar-refractivity contribution in [2.24, 2.45) is 0 Å². The minimum Gasteiger partial charge on any atom is -0.497 e. The number of rotatable bonds is 6. The molecule has 0 saturated carbocycles. The predicted molar refractivity (Wildman–Crippen MR) is 91.6 cm³/mol. The van der Waals surface area contributed by atoms with E-state index in [2.05, 4.69) is 9.71 Å². The summed E-state index contributed by atoms with van der Waals surface area (Å²) in [5.41, 5.74) is -0.639. The molecule has 25 heavy (non-hydrogen) atoms. The molecule has 8 nitrogen and oxygen atoms in total. The van der Waals surface area contributed by atoms with Crippen LogP contribution in [0, 0.1) is 0 Å². The molecule has 1 aromatic heterocycles. The lowest BCUT2D eigenvalue weighted by atomic mass is 10.1. The highest BCUT2D eigenvalue weighted by atomic mass is 35.5. The molecule has 0 atom stereocenters. The number of nitrogens with zero attached hydrogens (tertiary/aromatic N) is 1. The minimum absolute atomic E-state index is 0.0113. The van der Waals surface area contributed by atoms with Crippen LogP contribution in [-0.2, 0) is 10.0 Å². The Bertz CT molecular complexity index is 933. The fraction of sp³-hybridized carbons (Fsp3) is 0.143. The molecule has 1 aromatic carbocycles. The van der Waals surface area contributed by atoms with Gasteiger partial charge in [-0.2, -0.15) is 0 Å². The summed E-state index contributed by atoms with van der Waals surface area (Å²) in [5.74, 6) is -1.24. The smallest absolute Gasteiger partial charge is 0.338 e. The van der Waals surface area contributed by atoms with Gasteiger partial charge in [-0.15, -0.1) is 0 Å². The maximum Gasteiger partial charge on any atom is 0.338 e. The van der Waals surface area contributed by atoms with Crippen molar-refractivity contribution in [1.29, 1.82) is 0 Å². The molecular weight excluding hydrogens is 395 g/mol. The zero-order chi connectivity index (χ0) is 18.8.